The van der Waals surface area contributed by atoms with E-state index in [4.69, 9.17) is 10.3 Å². The van der Waals surface area contributed by atoms with Crippen molar-refractivity contribution in [2.45, 2.75) is 25.3 Å². The van der Waals surface area contributed by atoms with Crippen molar-refractivity contribution >= 4 is 27.4 Å². The van der Waals surface area contributed by atoms with Gasteiger partial charge in [0.15, 0.2) is 5.69 Å². The van der Waals surface area contributed by atoms with Crippen molar-refractivity contribution in [3.8, 4) is 5.88 Å². The van der Waals surface area contributed by atoms with Gasteiger partial charge < -0.3 is 10.8 Å². The molecular formula is C15H16N4O6S. The maximum atomic E-state index is 12.4. The maximum Gasteiger partial charge on any atom is 0.294 e. The number of rotatable bonds is 5. The van der Waals surface area contributed by atoms with Gasteiger partial charge in [-0.05, 0) is 38.1 Å². The number of carbonyl (C=O) groups is 1. The zero-order chi connectivity index (χ0) is 19.6. The molecule has 1 amide bonds. The van der Waals surface area contributed by atoms with Gasteiger partial charge in [0.05, 0.1) is 10.6 Å². The molecule has 0 fully saturated rings. The number of hydrogen-bond donors (Lipinski definition) is 3. The van der Waals surface area contributed by atoms with Crippen LogP contribution < -0.4 is 11.3 Å². The molecule has 1 aromatic heterocycles. The Morgan fingerprint density at radius 3 is 2.27 bits per heavy atom. The zero-order valence-corrected chi connectivity index (χ0v) is 14.7. The van der Waals surface area contributed by atoms with Crippen LogP contribution >= 0.6 is 0 Å². The van der Waals surface area contributed by atoms with Crippen molar-refractivity contribution in [1.29, 1.82) is 0 Å². The molecule has 10 nitrogen and oxygen atoms in total. The van der Waals surface area contributed by atoms with E-state index in [1.54, 1.807) is 6.92 Å². The molecule has 0 aliphatic heterocycles. The first-order valence-electron chi connectivity index (χ1n) is 7.33. The highest BCUT2D eigenvalue weighted by Crippen LogP contribution is 2.27. The number of benzene rings is 1. The molecule has 0 bridgehead atoms. The number of amides is 1. The molecule has 11 heteroatoms. The third-order valence-electron chi connectivity index (χ3n) is 3.62. The van der Waals surface area contributed by atoms with Crippen molar-refractivity contribution in [3.63, 3.8) is 0 Å². The number of aromatic nitrogens is 1. The van der Waals surface area contributed by atoms with Gasteiger partial charge in [-0.1, -0.05) is 0 Å². The van der Waals surface area contributed by atoms with Crippen LogP contribution in [0, 0.1) is 6.92 Å². The summed E-state index contributed by atoms with van der Waals surface area (Å²) in [7, 11) is -4.33. The summed E-state index contributed by atoms with van der Waals surface area (Å²) in [6.45, 7) is 3.07. The van der Waals surface area contributed by atoms with Crippen LogP contribution in [0.3, 0.4) is 0 Å². The Morgan fingerprint density at radius 1 is 1.23 bits per heavy atom. The van der Waals surface area contributed by atoms with Crippen LogP contribution in [-0.2, 0) is 16.7 Å². The number of pyridine rings is 1. The van der Waals surface area contributed by atoms with Gasteiger partial charge in [-0.15, -0.1) is 5.11 Å². The van der Waals surface area contributed by atoms with Crippen molar-refractivity contribution in [2.24, 2.45) is 16.0 Å². The lowest BCUT2D eigenvalue weighted by Gasteiger charge is -2.12. The van der Waals surface area contributed by atoms with E-state index < -0.39 is 27.5 Å². The van der Waals surface area contributed by atoms with Crippen LogP contribution in [0.25, 0.3) is 0 Å². The van der Waals surface area contributed by atoms with Crippen LogP contribution in [0.5, 0.6) is 5.88 Å². The Balaban J connectivity index is 2.56. The lowest BCUT2D eigenvalue weighted by atomic mass is 10.1. The smallest absolute Gasteiger partial charge is 0.294 e. The highest BCUT2D eigenvalue weighted by atomic mass is 32.2. The normalized spacial score (nSPS) is 11.8. The Bertz CT molecular complexity index is 1060. The van der Waals surface area contributed by atoms with E-state index >= 15 is 0 Å². The molecule has 0 saturated carbocycles. The molecular weight excluding hydrogens is 364 g/mol. The zero-order valence-electron chi connectivity index (χ0n) is 13.9. The van der Waals surface area contributed by atoms with Gasteiger partial charge in [-0.3, -0.25) is 18.7 Å². The highest BCUT2D eigenvalue weighted by Gasteiger charge is 2.21. The van der Waals surface area contributed by atoms with E-state index in [9.17, 15) is 23.1 Å². The second-order valence-corrected chi connectivity index (χ2v) is 6.68. The molecule has 0 unspecified atom stereocenters. The van der Waals surface area contributed by atoms with E-state index in [1.807, 2.05) is 0 Å². The summed E-state index contributed by atoms with van der Waals surface area (Å²) in [4.78, 5) is 23.7. The van der Waals surface area contributed by atoms with E-state index in [-0.39, 0.29) is 33.9 Å². The number of aromatic hydroxyl groups is 1. The summed E-state index contributed by atoms with van der Waals surface area (Å²) in [6, 6.07) is 4.78. The molecule has 0 radical (unpaired) electrons. The fraction of sp³-hybridized carbons (Fsp3) is 0.200. The van der Waals surface area contributed by atoms with Crippen molar-refractivity contribution in [3.05, 3.63) is 45.7 Å². The first-order chi connectivity index (χ1) is 12.1. The van der Waals surface area contributed by atoms with Crippen molar-refractivity contribution < 1.29 is 22.9 Å². The standard InChI is InChI=1S/C15H16N4O6S/c1-3-19-14(21)11(13(16)20)8(2)12(15(19)22)18-17-9-4-6-10(7-5-9)26(23,24)25/h4-7,21H,3H2,1-2H3,(H2,16,20)(H,23,24,25). The van der Waals surface area contributed by atoms with Crippen LogP contribution in [0.4, 0.5) is 11.4 Å². The Morgan fingerprint density at radius 2 is 1.81 bits per heavy atom. The van der Waals surface area contributed by atoms with Crippen LogP contribution in [0.2, 0.25) is 0 Å². The summed E-state index contributed by atoms with van der Waals surface area (Å²) >= 11 is 0. The molecule has 26 heavy (non-hydrogen) atoms. The minimum atomic E-state index is -4.33. The molecule has 2 aromatic rings. The second kappa shape index (κ2) is 7.06. The predicted octanol–water partition coefficient (Wildman–Crippen LogP) is 1.64. The van der Waals surface area contributed by atoms with E-state index in [2.05, 4.69) is 10.2 Å². The minimum Gasteiger partial charge on any atom is -0.494 e. The molecule has 0 saturated heterocycles. The Kier molecular flexibility index (Phi) is 5.23. The fourth-order valence-electron chi connectivity index (χ4n) is 2.30. The van der Waals surface area contributed by atoms with Gasteiger partial charge in [0.1, 0.15) is 5.56 Å². The lowest BCUT2D eigenvalue weighted by Crippen LogP contribution is -2.25. The number of primary amides is 1. The van der Waals surface area contributed by atoms with Gasteiger partial charge in [0.25, 0.3) is 21.6 Å². The highest BCUT2D eigenvalue weighted by molar-refractivity contribution is 7.85. The second-order valence-electron chi connectivity index (χ2n) is 5.25. The molecule has 138 valence electrons. The van der Waals surface area contributed by atoms with Crippen LogP contribution in [-0.4, -0.2) is 28.6 Å². The van der Waals surface area contributed by atoms with Crippen LogP contribution in [0.1, 0.15) is 22.8 Å². The number of hydrogen-bond acceptors (Lipinski definition) is 7. The van der Waals surface area contributed by atoms with E-state index in [0.29, 0.717) is 0 Å². The summed E-state index contributed by atoms with van der Waals surface area (Å²) in [5.41, 5.74) is 4.45. The topological polar surface area (TPSA) is 164 Å². The lowest BCUT2D eigenvalue weighted by molar-refractivity contribution is 0.0995. The minimum absolute atomic E-state index is 0.0722. The quantitative estimate of drug-likeness (QED) is 0.527. The third-order valence-corrected chi connectivity index (χ3v) is 4.49. The Hall–Kier alpha value is -3.05. The van der Waals surface area contributed by atoms with Gasteiger partial charge in [0.2, 0.25) is 5.88 Å². The summed E-state index contributed by atoms with van der Waals surface area (Å²) in [6.07, 6.45) is 0. The van der Waals surface area contributed by atoms with Gasteiger partial charge >= 0.3 is 0 Å². The summed E-state index contributed by atoms with van der Waals surface area (Å²) in [5, 5.41) is 17.7. The average Bonchev–Trinajstić information content (AvgIpc) is 2.54. The SMILES string of the molecule is CCn1c(O)c(C(N)=O)c(C)c(N=Nc2ccc(S(=O)(=O)O)cc2)c1=O. The van der Waals surface area contributed by atoms with Gasteiger partial charge in [0, 0.05) is 12.1 Å². The van der Waals surface area contributed by atoms with E-state index in [1.165, 1.54) is 19.1 Å². The monoisotopic (exact) mass is 380 g/mol. The predicted molar refractivity (Wildman–Crippen MR) is 91.7 cm³/mol. The van der Waals surface area contributed by atoms with Crippen molar-refractivity contribution in [1.82, 2.24) is 4.57 Å². The average molecular weight is 380 g/mol. The first kappa shape index (κ1) is 19.3. The molecule has 0 spiro atoms. The fourth-order valence-corrected chi connectivity index (χ4v) is 2.78. The molecule has 0 atom stereocenters. The number of carbonyl (C=O) groups excluding carboxylic acids is 1. The summed E-state index contributed by atoms with van der Waals surface area (Å²) < 4.78 is 31.9. The largest absolute Gasteiger partial charge is 0.494 e. The van der Waals surface area contributed by atoms with Crippen LogP contribution in [0.15, 0.2) is 44.2 Å². The molecule has 0 aliphatic rings. The van der Waals surface area contributed by atoms with Gasteiger partial charge in [-0.25, -0.2) is 0 Å². The molecule has 0 aliphatic carbocycles. The number of nitrogens with two attached hydrogens (primary N) is 1. The number of nitrogens with zero attached hydrogens (tertiary/aromatic N) is 3. The third kappa shape index (κ3) is 3.63. The number of azo groups is 1. The molecule has 2 rings (SSSR count). The van der Waals surface area contributed by atoms with Gasteiger partial charge in [-0.2, -0.15) is 13.5 Å². The maximum absolute atomic E-state index is 12.4. The molecule has 1 heterocycles. The Labute approximate surface area is 148 Å². The molecule has 4 N–H and O–H groups in total. The first-order valence-corrected chi connectivity index (χ1v) is 8.77. The van der Waals surface area contributed by atoms with E-state index in [0.717, 1.165) is 16.7 Å². The molecule has 1 aromatic carbocycles. The van der Waals surface area contributed by atoms with Crippen molar-refractivity contribution in [2.75, 3.05) is 0 Å². The summed E-state index contributed by atoms with van der Waals surface area (Å²) in [5.74, 6) is -1.46.